The summed E-state index contributed by atoms with van der Waals surface area (Å²) < 4.78 is 5.76. The van der Waals surface area contributed by atoms with Crippen LogP contribution in [0.3, 0.4) is 0 Å². The Morgan fingerprint density at radius 1 is 1.20 bits per heavy atom. The van der Waals surface area contributed by atoms with Gasteiger partial charge < -0.3 is 15.2 Å². The standard InChI is InChI=1S/C21H29NO2S/c1-15-9-10-19(12-16(15)2)24-14-18(23)13-22-21(17-6-3-4-7-17)20-8-5-11-25-20/h5,8-12,17-18,21-23H,3-4,6-7,13-14H2,1-2H3. The molecule has 2 unspecified atom stereocenters. The molecule has 1 fully saturated rings. The second-order valence-electron chi connectivity index (χ2n) is 7.16. The minimum absolute atomic E-state index is 0.317. The van der Waals surface area contributed by atoms with Gasteiger partial charge in [-0.25, -0.2) is 0 Å². The third-order valence-corrected chi connectivity index (χ3v) is 6.17. The number of aryl methyl sites for hydroxylation is 2. The van der Waals surface area contributed by atoms with Gasteiger partial charge >= 0.3 is 0 Å². The maximum absolute atomic E-state index is 10.3. The molecule has 2 atom stereocenters. The zero-order valence-electron chi connectivity index (χ0n) is 15.2. The molecule has 0 saturated heterocycles. The molecule has 1 heterocycles. The van der Waals surface area contributed by atoms with Crippen LogP contribution in [0, 0.1) is 19.8 Å². The van der Waals surface area contributed by atoms with E-state index in [0.29, 0.717) is 25.1 Å². The third kappa shape index (κ3) is 5.06. The second kappa shape index (κ2) is 8.84. The summed E-state index contributed by atoms with van der Waals surface area (Å²) in [5, 5.41) is 16.1. The predicted octanol–water partition coefficient (Wildman–Crippen LogP) is 4.63. The first-order valence-electron chi connectivity index (χ1n) is 9.28. The Balaban J connectivity index is 1.51. The molecule has 3 rings (SSSR count). The Hall–Kier alpha value is -1.36. The molecule has 0 spiro atoms. The maximum Gasteiger partial charge on any atom is 0.119 e. The lowest BCUT2D eigenvalue weighted by molar-refractivity contribution is 0.101. The molecule has 3 nitrogen and oxygen atoms in total. The van der Waals surface area contributed by atoms with Crippen LogP contribution in [0.2, 0.25) is 0 Å². The Labute approximate surface area is 155 Å². The highest BCUT2D eigenvalue weighted by Gasteiger charge is 2.27. The molecular weight excluding hydrogens is 330 g/mol. The first kappa shape index (κ1) is 18.4. The first-order valence-corrected chi connectivity index (χ1v) is 10.2. The van der Waals surface area contributed by atoms with E-state index < -0.39 is 6.10 Å². The molecule has 0 radical (unpaired) electrons. The molecule has 1 saturated carbocycles. The van der Waals surface area contributed by atoms with E-state index in [9.17, 15) is 5.11 Å². The van der Waals surface area contributed by atoms with E-state index in [4.69, 9.17) is 4.74 Å². The van der Waals surface area contributed by atoms with Crippen LogP contribution < -0.4 is 10.1 Å². The number of benzene rings is 1. The molecule has 1 aliphatic rings. The Morgan fingerprint density at radius 3 is 2.68 bits per heavy atom. The number of ether oxygens (including phenoxy) is 1. The van der Waals surface area contributed by atoms with E-state index in [0.717, 1.165) is 5.75 Å². The highest BCUT2D eigenvalue weighted by Crippen LogP contribution is 2.37. The van der Waals surface area contributed by atoms with Crippen molar-refractivity contribution in [1.82, 2.24) is 5.32 Å². The molecule has 1 aliphatic carbocycles. The van der Waals surface area contributed by atoms with Crippen molar-refractivity contribution in [2.45, 2.75) is 51.7 Å². The van der Waals surface area contributed by atoms with Gasteiger partial charge in [-0.15, -0.1) is 11.3 Å². The highest BCUT2D eigenvalue weighted by atomic mass is 32.1. The van der Waals surface area contributed by atoms with Crippen LogP contribution in [-0.4, -0.2) is 24.4 Å². The van der Waals surface area contributed by atoms with Gasteiger partial charge in [0.15, 0.2) is 0 Å². The Morgan fingerprint density at radius 2 is 2.00 bits per heavy atom. The fraction of sp³-hybridized carbons (Fsp3) is 0.524. The Bertz CT molecular complexity index is 650. The molecule has 0 aliphatic heterocycles. The summed E-state index contributed by atoms with van der Waals surface area (Å²) in [6.07, 6.45) is 4.71. The molecule has 4 heteroatoms. The SMILES string of the molecule is Cc1ccc(OCC(O)CNC(c2cccs2)C2CCCC2)cc1C. The molecule has 0 amide bonds. The predicted molar refractivity (Wildman–Crippen MR) is 104 cm³/mol. The quantitative estimate of drug-likeness (QED) is 0.722. The van der Waals surface area contributed by atoms with Crippen molar-refractivity contribution in [3.8, 4) is 5.75 Å². The molecule has 2 aromatic rings. The van der Waals surface area contributed by atoms with E-state index in [2.05, 4.69) is 42.7 Å². The molecule has 25 heavy (non-hydrogen) atoms. The number of nitrogens with one attached hydrogen (secondary N) is 1. The van der Waals surface area contributed by atoms with Crippen LogP contribution in [0.1, 0.15) is 47.7 Å². The van der Waals surface area contributed by atoms with Crippen molar-refractivity contribution in [3.05, 3.63) is 51.7 Å². The fourth-order valence-corrected chi connectivity index (χ4v) is 4.47. The van der Waals surface area contributed by atoms with Crippen molar-refractivity contribution >= 4 is 11.3 Å². The summed E-state index contributed by atoms with van der Waals surface area (Å²) in [6, 6.07) is 10.7. The summed E-state index contributed by atoms with van der Waals surface area (Å²) in [5.74, 6) is 1.51. The number of aliphatic hydroxyl groups is 1. The number of hydrogen-bond acceptors (Lipinski definition) is 4. The fourth-order valence-electron chi connectivity index (χ4n) is 3.58. The van der Waals surface area contributed by atoms with Crippen molar-refractivity contribution < 1.29 is 9.84 Å². The lowest BCUT2D eigenvalue weighted by Crippen LogP contribution is -2.36. The van der Waals surface area contributed by atoms with Gasteiger partial charge in [0.2, 0.25) is 0 Å². The summed E-state index contributed by atoms with van der Waals surface area (Å²) in [6.45, 7) is 5.04. The molecule has 136 valence electrons. The van der Waals surface area contributed by atoms with Gasteiger partial charge in [-0.2, -0.15) is 0 Å². The van der Waals surface area contributed by atoms with Crippen LogP contribution in [-0.2, 0) is 0 Å². The van der Waals surface area contributed by atoms with Crippen molar-refractivity contribution in [1.29, 1.82) is 0 Å². The summed E-state index contributed by atoms with van der Waals surface area (Å²) in [7, 11) is 0. The average Bonchev–Trinajstić information content (AvgIpc) is 3.30. The maximum atomic E-state index is 10.3. The normalized spacial score (nSPS) is 17.6. The van der Waals surface area contributed by atoms with Gasteiger partial charge in [-0.3, -0.25) is 0 Å². The molecular formula is C21H29NO2S. The first-order chi connectivity index (χ1) is 12.1. The monoisotopic (exact) mass is 359 g/mol. The molecule has 0 bridgehead atoms. The van der Waals surface area contributed by atoms with Crippen molar-refractivity contribution in [3.63, 3.8) is 0 Å². The van der Waals surface area contributed by atoms with Crippen LogP contribution in [0.15, 0.2) is 35.7 Å². The lowest BCUT2D eigenvalue weighted by Gasteiger charge is -2.25. The van der Waals surface area contributed by atoms with Crippen LogP contribution in [0.5, 0.6) is 5.75 Å². The number of thiophene rings is 1. The molecule has 1 aromatic heterocycles. The molecule has 1 aromatic carbocycles. The minimum atomic E-state index is -0.509. The van der Waals surface area contributed by atoms with Gasteiger partial charge in [-0.1, -0.05) is 25.0 Å². The van der Waals surface area contributed by atoms with E-state index in [1.807, 2.05) is 23.5 Å². The number of aliphatic hydroxyl groups excluding tert-OH is 1. The number of rotatable bonds is 8. The smallest absolute Gasteiger partial charge is 0.119 e. The van der Waals surface area contributed by atoms with Gasteiger partial charge in [0.05, 0.1) is 0 Å². The van der Waals surface area contributed by atoms with Crippen molar-refractivity contribution in [2.75, 3.05) is 13.2 Å². The summed E-state index contributed by atoms with van der Waals surface area (Å²) >= 11 is 1.81. The van der Waals surface area contributed by atoms with E-state index in [1.165, 1.54) is 41.7 Å². The third-order valence-electron chi connectivity index (χ3n) is 5.22. The minimum Gasteiger partial charge on any atom is -0.491 e. The lowest BCUT2D eigenvalue weighted by atomic mass is 9.96. The average molecular weight is 360 g/mol. The van der Waals surface area contributed by atoms with Gasteiger partial charge in [0.1, 0.15) is 18.5 Å². The molecule has 2 N–H and O–H groups in total. The summed E-state index contributed by atoms with van der Waals surface area (Å²) in [4.78, 5) is 1.38. The van der Waals surface area contributed by atoms with Crippen LogP contribution in [0.25, 0.3) is 0 Å². The van der Waals surface area contributed by atoms with Gasteiger partial charge in [0, 0.05) is 17.5 Å². The van der Waals surface area contributed by atoms with E-state index in [-0.39, 0.29) is 0 Å². The van der Waals surface area contributed by atoms with Gasteiger partial charge in [-0.05, 0) is 67.3 Å². The van der Waals surface area contributed by atoms with Gasteiger partial charge in [0.25, 0.3) is 0 Å². The highest BCUT2D eigenvalue weighted by molar-refractivity contribution is 7.10. The summed E-state index contributed by atoms with van der Waals surface area (Å²) in [5.41, 5.74) is 2.47. The zero-order valence-corrected chi connectivity index (χ0v) is 16.0. The zero-order chi connectivity index (χ0) is 17.6. The van der Waals surface area contributed by atoms with Crippen molar-refractivity contribution in [2.24, 2.45) is 5.92 Å². The topological polar surface area (TPSA) is 41.5 Å². The largest absolute Gasteiger partial charge is 0.491 e. The second-order valence-corrected chi connectivity index (χ2v) is 8.14. The van der Waals surface area contributed by atoms with E-state index >= 15 is 0 Å². The van der Waals surface area contributed by atoms with Crippen LogP contribution >= 0.6 is 11.3 Å². The van der Waals surface area contributed by atoms with E-state index in [1.54, 1.807) is 0 Å². The Kier molecular flexibility index (Phi) is 6.51. The van der Waals surface area contributed by atoms with Crippen LogP contribution in [0.4, 0.5) is 0 Å². The number of hydrogen-bond donors (Lipinski definition) is 2.